The Morgan fingerprint density at radius 3 is 2.07 bits per heavy atom. The molecule has 1 N–H and O–H groups in total. The van der Waals surface area contributed by atoms with Crippen LogP contribution in [0.3, 0.4) is 0 Å². The molecule has 14 heavy (non-hydrogen) atoms. The van der Waals surface area contributed by atoms with Gasteiger partial charge in [-0.2, -0.15) is 0 Å². The Bertz CT molecular complexity index is 324. The van der Waals surface area contributed by atoms with Gasteiger partial charge in [-0.1, -0.05) is 12.1 Å². The van der Waals surface area contributed by atoms with E-state index in [1.165, 1.54) is 24.3 Å². The van der Waals surface area contributed by atoms with Gasteiger partial charge in [0.25, 0.3) is 6.16 Å². The molecule has 0 unspecified atom stereocenters. The number of carbonyl (C=O) groups is 2. The average molecular weight is 197 g/mol. The Kier molecular flexibility index (Phi) is 2.90. The van der Waals surface area contributed by atoms with Gasteiger partial charge < -0.3 is 24.5 Å². The van der Waals surface area contributed by atoms with Crippen LogP contribution < -0.4 is 14.6 Å². The molecule has 1 rings (SSSR count). The van der Waals surface area contributed by atoms with Crippen molar-refractivity contribution in [2.45, 2.75) is 0 Å². The molecular formula is C8H5O6-. The lowest BCUT2D eigenvalue weighted by atomic mass is 10.3. The van der Waals surface area contributed by atoms with Gasteiger partial charge in [-0.15, -0.1) is 0 Å². The smallest absolute Gasteiger partial charge is 0.510 e. The molecule has 1 aromatic rings. The number of hydrogen-bond donors (Lipinski definition) is 1. The van der Waals surface area contributed by atoms with E-state index in [1.54, 1.807) is 0 Å². The minimum Gasteiger partial charge on any atom is -0.510 e. The molecule has 0 radical (unpaired) electrons. The molecule has 0 saturated carbocycles. The molecule has 6 heteroatoms. The van der Waals surface area contributed by atoms with Crippen molar-refractivity contribution < 1.29 is 29.3 Å². The number of ether oxygens (including phenoxy) is 2. The second-order valence-corrected chi connectivity index (χ2v) is 2.17. The first kappa shape index (κ1) is 9.85. The quantitative estimate of drug-likeness (QED) is 0.546. The lowest BCUT2D eigenvalue weighted by Crippen LogP contribution is -2.26. The Labute approximate surface area is 78.3 Å². The summed E-state index contributed by atoms with van der Waals surface area (Å²) >= 11 is 0. The normalized spacial score (nSPS) is 9.14. The Hall–Kier alpha value is -2.24. The van der Waals surface area contributed by atoms with E-state index in [0.29, 0.717) is 0 Å². The van der Waals surface area contributed by atoms with Gasteiger partial charge in [0.1, 0.15) is 0 Å². The van der Waals surface area contributed by atoms with Gasteiger partial charge in [0.05, 0.1) is 5.75 Å². The largest absolute Gasteiger partial charge is 0.511 e. The van der Waals surface area contributed by atoms with Crippen LogP contribution in [-0.4, -0.2) is 17.4 Å². The summed E-state index contributed by atoms with van der Waals surface area (Å²) in [5.41, 5.74) is 0. The van der Waals surface area contributed by atoms with Crippen molar-refractivity contribution in [2.24, 2.45) is 0 Å². The topological polar surface area (TPSA) is 95.9 Å². The van der Waals surface area contributed by atoms with E-state index in [4.69, 9.17) is 5.11 Å². The molecule has 0 heterocycles. The molecule has 0 aromatic heterocycles. The minimum atomic E-state index is -1.79. The van der Waals surface area contributed by atoms with Gasteiger partial charge in [-0.25, -0.2) is 4.79 Å². The number of rotatable bonds is 2. The van der Waals surface area contributed by atoms with Gasteiger partial charge >= 0.3 is 6.16 Å². The molecule has 0 spiro atoms. The molecule has 0 amide bonds. The first-order valence-electron chi connectivity index (χ1n) is 3.48. The lowest BCUT2D eigenvalue weighted by Gasteiger charge is -2.11. The van der Waals surface area contributed by atoms with Crippen LogP contribution in [0, 0.1) is 0 Å². The molecular weight excluding hydrogens is 192 g/mol. The molecule has 0 atom stereocenters. The zero-order valence-electron chi connectivity index (χ0n) is 6.80. The van der Waals surface area contributed by atoms with Crippen molar-refractivity contribution in [3.8, 4) is 11.5 Å². The van der Waals surface area contributed by atoms with Gasteiger partial charge in [0, 0.05) is 0 Å². The molecule has 6 nitrogen and oxygen atoms in total. The standard InChI is InChI=1S/C8H6O6/c9-7(10)13-5-3-1-2-4-6(5)14-8(11)12/h1-4H,(H,9,10)(H,11,12)/p-1. The van der Waals surface area contributed by atoms with Crippen LogP contribution in [0.4, 0.5) is 9.59 Å². The summed E-state index contributed by atoms with van der Waals surface area (Å²) in [6.45, 7) is 0. The fourth-order valence-corrected chi connectivity index (χ4v) is 0.803. The maximum atomic E-state index is 10.2. The van der Waals surface area contributed by atoms with Crippen LogP contribution in [0.2, 0.25) is 0 Å². The van der Waals surface area contributed by atoms with Crippen LogP contribution in [0.1, 0.15) is 0 Å². The average Bonchev–Trinajstić information content (AvgIpc) is 2.06. The summed E-state index contributed by atoms with van der Waals surface area (Å²) in [6, 6.07) is 5.44. The highest BCUT2D eigenvalue weighted by Gasteiger charge is 2.05. The number of benzene rings is 1. The Morgan fingerprint density at radius 2 is 1.64 bits per heavy atom. The van der Waals surface area contributed by atoms with Crippen LogP contribution >= 0.6 is 0 Å². The Morgan fingerprint density at radius 1 is 1.14 bits per heavy atom. The maximum absolute atomic E-state index is 10.2. The van der Waals surface area contributed by atoms with Gasteiger partial charge in [-0.05, 0) is 12.1 Å². The van der Waals surface area contributed by atoms with Crippen molar-refractivity contribution in [1.29, 1.82) is 0 Å². The molecule has 1 aromatic carbocycles. The fraction of sp³-hybridized carbons (Fsp3) is 0. The second kappa shape index (κ2) is 4.13. The molecule has 0 aliphatic rings. The van der Waals surface area contributed by atoms with Gasteiger partial charge in [-0.3, -0.25) is 0 Å². The SMILES string of the molecule is O=C([O-])Oc1ccccc1OC(=O)O. The molecule has 74 valence electrons. The third kappa shape index (κ3) is 2.67. The van der Waals surface area contributed by atoms with Gasteiger partial charge in [0.15, 0.2) is 5.75 Å². The van der Waals surface area contributed by atoms with E-state index in [-0.39, 0.29) is 11.5 Å². The predicted molar refractivity (Wildman–Crippen MR) is 41.1 cm³/mol. The van der Waals surface area contributed by atoms with E-state index in [2.05, 4.69) is 9.47 Å². The van der Waals surface area contributed by atoms with E-state index >= 15 is 0 Å². The molecule has 0 aliphatic carbocycles. The highest BCUT2D eigenvalue weighted by Crippen LogP contribution is 2.26. The minimum absolute atomic E-state index is 0.204. The zero-order valence-corrected chi connectivity index (χ0v) is 6.80. The molecule has 0 bridgehead atoms. The van der Waals surface area contributed by atoms with Crippen molar-refractivity contribution in [3.05, 3.63) is 24.3 Å². The highest BCUT2D eigenvalue weighted by atomic mass is 16.7. The van der Waals surface area contributed by atoms with Crippen molar-refractivity contribution in [2.75, 3.05) is 0 Å². The summed E-state index contributed by atoms with van der Waals surface area (Å²) in [6.07, 6.45) is -3.34. The second-order valence-electron chi connectivity index (χ2n) is 2.17. The van der Waals surface area contributed by atoms with Crippen molar-refractivity contribution in [1.82, 2.24) is 0 Å². The van der Waals surface area contributed by atoms with Gasteiger partial charge in [0.2, 0.25) is 0 Å². The van der Waals surface area contributed by atoms with Crippen molar-refractivity contribution in [3.63, 3.8) is 0 Å². The molecule has 0 aliphatic heterocycles. The van der Waals surface area contributed by atoms with E-state index in [9.17, 15) is 14.7 Å². The van der Waals surface area contributed by atoms with E-state index < -0.39 is 12.3 Å². The summed E-state index contributed by atoms with van der Waals surface area (Å²) in [7, 11) is 0. The van der Waals surface area contributed by atoms with Crippen LogP contribution in [0.15, 0.2) is 24.3 Å². The first-order chi connectivity index (χ1) is 6.59. The third-order valence-corrected chi connectivity index (χ3v) is 1.24. The summed E-state index contributed by atoms with van der Waals surface area (Å²) in [4.78, 5) is 20.2. The summed E-state index contributed by atoms with van der Waals surface area (Å²) < 4.78 is 8.41. The number of carbonyl (C=O) groups excluding carboxylic acids is 1. The number of carboxylic acid groups (broad SMARTS) is 2. The van der Waals surface area contributed by atoms with Crippen molar-refractivity contribution >= 4 is 12.3 Å². The first-order valence-corrected chi connectivity index (χ1v) is 3.48. The fourth-order valence-electron chi connectivity index (χ4n) is 0.803. The zero-order chi connectivity index (χ0) is 10.6. The maximum Gasteiger partial charge on any atom is 0.511 e. The number of hydrogen-bond acceptors (Lipinski definition) is 5. The number of para-hydroxylation sites is 2. The molecule has 0 fully saturated rings. The third-order valence-electron chi connectivity index (χ3n) is 1.24. The highest BCUT2D eigenvalue weighted by molar-refractivity contribution is 5.65. The van der Waals surface area contributed by atoms with Crippen LogP contribution in [-0.2, 0) is 0 Å². The van der Waals surface area contributed by atoms with Crippen LogP contribution in [0.25, 0.3) is 0 Å². The lowest BCUT2D eigenvalue weighted by molar-refractivity contribution is -0.271. The Balaban J connectivity index is 2.90. The van der Waals surface area contributed by atoms with Crippen LogP contribution in [0.5, 0.6) is 11.5 Å². The summed E-state index contributed by atoms with van der Waals surface area (Å²) in [5.74, 6) is -0.431. The van der Waals surface area contributed by atoms with E-state index in [1.807, 2.05) is 0 Å². The predicted octanol–water partition coefficient (Wildman–Crippen LogP) is 0.466. The molecule has 0 saturated heterocycles. The van der Waals surface area contributed by atoms with E-state index in [0.717, 1.165) is 0 Å². The monoisotopic (exact) mass is 197 g/mol. The summed E-state index contributed by atoms with van der Waals surface area (Å²) in [5, 5.41) is 18.4.